The molecule has 0 aliphatic carbocycles. The lowest BCUT2D eigenvalue weighted by Crippen LogP contribution is -2.16. The van der Waals surface area contributed by atoms with Gasteiger partial charge in [0.05, 0.1) is 11.0 Å². The molecule has 0 bridgehead atoms. The number of fused-ring (bicyclic) bond motifs is 1. The summed E-state index contributed by atoms with van der Waals surface area (Å²) >= 11 is 0. The van der Waals surface area contributed by atoms with E-state index >= 15 is 0 Å². The average molecular weight is 257 g/mol. The minimum absolute atomic E-state index is 0.615. The Bertz CT molecular complexity index is 536. The van der Waals surface area contributed by atoms with Crippen molar-refractivity contribution < 1.29 is 0 Å². The highest BCUT2D eigenvalue weighted by Gasteiger charge is 2.19. The van der Waals surface area contributed by atoms with Crippen LogP contribution in [-0.2, 0) is 6.42 Å². The molecule has 0 radical (unpaired) electrons. The summed E-state index contributed by atoms with van der Waals surface area (Å²) in [5.74, 6) is 1.27. The lowest BCUT2D eigenvalue weighted by Gasteiger charge is -2.19. The van der Waals surface area contributed by atoms with E-state index < -0.39 is 0 Å². The molecule has 102 valence electrons. The second-order valence-corrected chi connectivity index (χ2v) is 5.47. The lowest BCUT2D eigenvalue weighted by atomic mass is 10.1. The van der Waals surface area contributed by atoms with E-state index in [-0.39, 0.29) is 0 Å². The van der Waals surface area contributed by atoms with Crippen molar-refractivity contribution in [2.75, 3.05) is 13.1 Å². The zero-order chi connectivity index (χ0) is 13.1. The van der Waals surface area contributed by atoms with Crippen molar-refractivity contribution in [3.05, 3.63) is 30.1 Å². The summed E-state index contributed by atoms with van der Waals surface area (Å²) in [6.45, 7) is 4.52. The Labute approximate surface area is 115 Å². The van der Waals surface area contributed by atoms with E-state index in [1.165, 1.54) is 30.6 Å². The Hall–Kier alpha value is -1.35. The van der Waals surface area contributed by atoms with E-state index in [9.17, 15) is 0 Å². The molecule has 0 amide bonds. The molecule has 2 heterocycles. The van der Waals surface area contributed by atoms with Crippen LogP contribution >= 0.6 is 0 Å². The van der Waals surface area contributed by atoms with Gasteiger partial charge in [-0.2, -0.15) is 0 Å². The molecule has 1 atom stereocenters. The van der Waals surface area contributed by atoms with Crippen LogP contribution < -0.4 is 5.32 Å². The average Bonchev–Trinajstić information content (AvgIpc) is 2.61. The van der Waals surface area contributed by atoms with Crippen molar-refractivity contribution in [2.24, 2.45) is 0 Å². The maximum atomic E-state index is 4.85. The van der Waals surface area contributed by atoms with Crippen LogP contribution in [0.15, 0.2) is 24.3 Å². The first-order valence-electron chi connectivity index (χ1n) is 7.56. The standard InChI is InChI=1S/C16H23N3/c1-2-6-16-18-14-8-3-4-9-15(14)19(16)13-7-5-11-17-12-10-13/h3-4,8-9,13,17H,2,5-7,10-12H2,1H3. The van der Waals surface area contributed by atoms with Gasteiger partial charge >= 0.3 is 0 Å². The summed E-state index contributed by atoms with van der Waals surface area (Å²) in [6.07, 6.45) is 6.00. The van der Waals surface area contributed by atoms with Crippen LogP contribution in [0.25, 0.3) is 11.0 Å². The Morgan fingerprint density at radius 2 is 2.16 bits per heavy atom. The third-order valence-corrected chi connectivity index (χ3v) is 4.05. The van der Waals surface area contributed by atoms with Crippen molar-refractivity contribution in [3.8, 4) is 0 Å². The molecule has 1 aliphatic heterocycles. The lowest BCUT2D eigenvalue weighted by molar-refractivity contribution is 0.449. The highest BCUT2D eigenvalue weighted by molar-refractivity contribution is 5.76. The van der Waals surface area contributed by atoms with Crippen molar-refractivity contribution >= 4 is 11.0 Å². The summed E-state index contributed by atoms with van der Waals surface area (Å²) in [7, 11) is 0. The Balaban J connectivity index is 2.05. The van der Waals surface area contributed by atoms with Gasteiger partial charge in [-0.05, 0) is 50.9 Å². The summed E-state index contributed by atoms with van der Waals surface area (Å²) in [5.41, 5.74) is 2.47. The molecule has 1 aromatic heterocycles. The fraction of sp³-hybridized carbons (Fsp3) is 0.562. The third-order valence-electron chi connectivity index (χ3n) is 4.05. The molecule has 3 nitrogen and oxygen atoms in total. The Kier molecular flexibility index (Phi) is 3.83. The van der Waals surface area contributed by atoms with Gasteiger partial charge in [-0.25, -0.2) is 4.98 Å². The molecule has 1 aliphatic rings. The predicted octanol–water partition coefficient (Wildman–Crippen LogP) is 3.30. The van der Waals surface area contributed by atoms with Crippen molar-refractivity contribution in [1.82, 2.24) is 14.9 Å². The van der Waals surface area contributed by atoms with Crippen LogP contribution in [0.4, 0.5) is 0 Å². The molecule has 3 rings (SSSR count). The minimum atomic E-state index is 0.615. The third kappa shape index (κ3) is 2.52. The van der Waals surface area contributed by atoms with Crippen LogP contribution in [0, 0.1) is 0 Å². The van der Waals surface area contributed by atoms with Gasteiger partial charge in [-0.1, -0.05) is 19.1 Å². The first-order chi connectivity index (χ1) is 9.40. The summed E-state index contributed by atoms with van der Waals surface area (Å²) in [6, 6.07) is 9.19. The fourth-order valence-electron chi connectivity index (χ4n) is 3.16. The SMILES string of the molecule is CCCc1nc2ccccc2n1C1CCCNCC1. The van der Waals surface area contributed by atoms with Crippen molar-refractivity contribution in [1.29, 1.82) is 0 Å². The number of benzene rings is 1. The van der Waals surface area contributed by atoms with Crippen LogP contribution in [0.1, 0.15) is 44.5 Å². The van der Waals surface area contributed by atoms with E-state index in [1.807, 2.05) is 0 Å². The monoisotopic (exact) mass is 257 g/mol. The van der Waals surface area contributed by atoms with Crippen molar-refractivity contribution in [3.63, 3.8) is 0 Å². The number of hydrogen-bond donors (Lipinski definition) is 1. The molecule has 2 aromatic rings. The number of aromatic nitrogens is 2. The fourth-order valence-corrected chi connectivity index (χ4v) is 3.16. The molecular formula is C16H23N3. The maximum Gasteiger partial charge on any atom is 0.110 e. The van der Waals surface area contributed by atoms with Crippen LogP contribution in [0.2, 0.25) is 0 Å². The van der Waals surface area contributed by atoms with E-state index in [1.54, 1.807) is 0 Å². The van der Waals surface area contributed by atoms with E-state index in [0.29, 0.717) is 6.04 Å². The smallest absolute Gasteiger partial charge is 0.110 e. The molecular weight excluding hydrogens is 234 g/mol. The first kappa shape index (κ1) is 12.7. The summed E-state index contributed by atoms with van der Waals surface area (Å²) in [4.78, 5) is 4.85. The van der Waals surface area contributed by atoms with Crippen LogP contribution in [0.3, 0.4) is 0 Å². The number of aryl methyl sites for hydroxylation is 1. The molecule has 0 spiro atoms. The van der Waals surface area contributed by atoms with Crippen molar-refractivity contribution in [2.45, 2.75) is 45.1 Å². The molecule has 1 saturated heterocycles. The number of rotatable bonds is 3. The number of imidazole rings is 1. The summed E-state index contributed by atoms with van der Waals surface area (Å²) in [5, 5.41) is 3.50. The largest absolute Gasteiger partial charge is 0.325 e. The number of hydrogen-bond acceptors (Lipinski definition) is 2. The van der Waals surface area contributed by atoms with Gasteiger partial charge in [0.25, 0.3) is 0 Å². The molecule has 1 aromatic carbocycles. The van der Waals surface area contributed by atoms with Gasteiger partial charge < -0.3 is 9.88 Å². The Morgan fingerprint density at radius 3 is 3.05 bits per heavy atom. The second-order valence-electron chi connectivity index (χ2n) is 5.47. The first-order valence-corrected chi connectivity index (χ1v) is 7.56. The van der Waals surface area contributed by atoms with Crippen LogP contribution in [-0.4, -0.2) is 22.6 Å². The number of nitrogens with one attached hydrogen (secondary N) is 1. The molecule has 1 unspecified atom stereocenters. The normalized spacial score (nSPS) is 20.6. The molecule has 3 heteroatoms. The zero-order valence-corrected chi connectivity index (χ0v) is 11.7. The minimum Gasteiger partial charge on any atom is -0.325 e. The second kappa shape index (κ2) is 5.74. The van der Waals surface area contributed by atoms with E-state index in [4.69, 9.17) is 4.98 Å². The molecule has 19 heavy (non-hydrogen) atoms. The molecule has 1 fully saturated rings. The molecule has 0 saturated carbocycles. The number of para-hydroxylation sites is 2. The Morgan fingerprint density at radius 1 is 1.26 bits per heavy atom. The van der Waals surface area contributed by atoms with E-state index in [0.717, 1.165) is 31.4 Å². The van der Waals surface area contributed by atoms with E-state index in [2.05, 4.69) is 41.1 Å². The van der Waals surface area contributed by atoms with Gasteiger partial charge in [0.15, 0.2) is 0 Å². The molecule has 1 N–H and O–H groups in total. The van der Waals surface area contributed by atoms with Gasteiger partial charge in [0, 0.05) is 12.5 Å². The maximum absolute atomic E-state index is 4.85. The predicted molar refractivity (Wildman–Crippen MR) is 79.5 cm³/mol. The summed E-state index contributed by atoms with van der Waals surface area (Å²) < 4.78 is 2.52. The highest BCUT2D eigenvalue weighted by atomic mass is 15.1. The van der Waals surface area contributed by atoms with Gasteiger partial charge in [-0.3, -0.25) is 0 Å². The van der Waals surface area contributed by atoms with Gasteiger partial charge in [-0.15, -0.1) is 0 Å². The van der Waals surface area contributed by atoms with Gasteiger partial charge in [0.2, 0.25) is 0 Å². The quantitative estimate of drug-likeness (QED) is 0.914. The van der Waals surface area contributed by atoms with Crippen LogP contribution in [0.5, 0.6) is 0 Å². The topological polar surface area (TPSA) is 29.9 Å². The van der Waals surface area contributed by atoms with Gasteiger partial charge in [0.1, 0.15) is 5.82 Å². The zero-order valence-electron chi connectivity index (χ0n) is 11.7. The highest BCUT2D eigenvalue weighted by Crippen LogP contribution is 2.28. The number of nitrogens with zero attached hydrogens (tertiary/aromatic N) is 2.